The molecule has 0 saturated carbocycles. The molecule has 27 heavy (non-hydrogen) atoms. The van der Waals surface area contributed by atoms with E-state index in [4.69, 9.17) is 4.74 Å². The van der Waals surface area contributed by atoms with Crippen LogP contribution in [0.2, 0.25) is 0 Å². The molecule has 0 aliphatic rings. The third-order valence-electron chi connectivity index (χ3n) is 5.43. The van der Waals surface area contributed by atoms with E-state index in [2.05, 4.69) is 43.1 Å². The van der Waals surface area contributed by atoms with E-state index in [-0.39, 0.29) is 5.56 Å². The van der Waals surface area contributed by atoms with Gasteiger partial charge in [-0.1, -0.05) is 38.1 Å². The van der Waals surface area contributed by atoms with Crippen molar-refractivity contribution in [1.82, 2.24) is 4.98 Å². The maximum absolute atomic E-state index is 12.4. The minimum absolute atomic E-state index is 0.0345. The molecule has 0 unspecified atom stereocenters. The number of pyridine rings is 1. The number of hydrogen-bond donors (Lipinski definition) is 1. The Morgan fingerprint density at radius 1 is 1.04 bits per heavy atom. The number of fused-ring (bicyclic) bond motifs is 3. The van der Waals surface area contributed by atoms with Crippen LogP contribution in [0.4, 0.5) is 0 Å². The Kier molecular flexibility index (Phi) is 4.75. The molecule has 4 aromatic rings. The lowest BCUT2D eigenvalue weighted by Crippen LogP contribution is -2.05. The zero-order valence-corrected chi connectivity index (χ0v) is 16.7. The van der Waals surface area contributed by atoms with Crippen molar-refractivity contribution in [3.63, 3.8) is 0 Å². The Morgan fingerprint density at radius 2 is 1.78 bits per heavy atom. The van der Waals surface area contributed by atoms with Crippen LogP contribution in [0.1, 0.15) is 38.2 Å². The Hall–Kier alpha value is -2.59. The predicted octanol–water partition coefficient (Wildman–Crippen LogP) is 6.32. The molecule has 0 radical (unpaired) electrons. The molecular formula is C23H23NO2S. The third kappa shape index (κ3) is 2.94. The highest BCUT2D eigenvalue weighted by molar-refractivity contribution is 7.17. The van der Waals surface area contributed by atoms with Crippen LogP contribution in [0, 0.1) is 0 Å². The van der Waals surface area contributed by atoms with E-state index < -0.39 is 0 Å². The normalized spacial score (nSPS) is 11.6. The summed E-state index contributed by atoms with van der Waals surface area (Å²) < 4.78 is 6.45. The van der Waals surface area contributed by atoms with Crippen LogP contribution in [0.5, 0.6) is 5.75 Å². The van der Waals surface area contributed by atoms with Crippen molar-refractivity contribution in [2.24, 2.45) is 0 Å². The number of nitrogens with one attached hydrogen (secondary N) is 1. The van der Waals surface area contributed by atoms with Gasteiger partial charge >= 0.3 is 0 Å². The molecule has 0 spiro atoms. The third-order valence-corrected chi connectivity index (χ3v) is 6.35. The van der Waals surface area contributed by atoms with Gasteiger partial charge in [0.05, 0.1) is 7.11 Å². The van der Waals surface area contributed by atoms with Gasteiger partial charge < -0.3 is 9.72 Å². The van der Waals surface area contributed by atoms with Gasteiger partial charge in [0.1, 0.15) is 10.4 Å². The summed E-state index contributed by atoms with van der Waals surface area (Å²) in [4.78, 5) is 15.4. The second-order valence-electron chi connectivity index (χ2n) is 6.82. The number of methoxy groups -OCH3 is 1. The van der Waals surface area contributed by atoms with Crippen LogP contribution in [0.3, 0.4) is 0 Å². The summed E-state index contributed by atoms with van der Waals surface area (Å²) in [7, 11) is 1.69. The second-order valence-corrected chi connectivity index (χ2v) is 7.73. The van der Waals surface area contributed by atoms with Crippen LogP contribution in [0.15, 0.2) is 52.6 Å². The van der Waals surface area contributed by atoms with Crippen molar-refractivity contribution in [3.8, 4) is 16.9 Å². The van der Waals surface area contributed by atoms with Crippen LogP contribution >= 0.6 is 11.3 Å². The average molecular weight is 378 g/mol. The first-order chi connectivity index (χ1) is 13.2. The largest absolute Gasteiger partial charge is 0.496 e. The predicted molar refractivity (Wildman–Crippen MR) is 115 cm³/mol. The van der Waals surface area contributed by atoms with E-state index in [0.29, 0.717) is 5.92 Å². The Bertz CT molecular complexity index is 1150. The SMILES string of the molecule is CCC(CC)c1ccc(-c2c(OC)ccc3[nH]c(=O)c4sccc4c23)cc1. The van der Waals surface area contributed by atoms with E-state index in [1.54, 1.807) is 7.11 Å². The maximum Gasteiger partial charge on any atom is 0.266 e. The molecule has 3 nitrogen and oxygen atoms in total. The van der Waals surface area contributed by atoms with Gasteiger partial charge in [0, 0.05) is 21.9 Å². The molecule has 0 atom stereocenters. The van der Waals surface area contributed by atoms with Crippen LogP contribution in [-0.2, 0) is 0 Å². The van der Waals surface area contributed by atoms with Gasteiger partial charge in [-0.05, 0) is 53.5 Å². The van der Waals surface area contributed by atoms with Gasteiger partial charge in [0.2, 0.25) is 0 Å². The molecule has 0 fully saturated rings. The lowest BCUT2D eigenvalue weighted by Gasteiger charge is -2.16. The highest BCUT2D eigenvalue weighted by atomic mass is 32.1. The first-order valence-corrected chi connectivity index (χ1v) is 10.3. The first-order valence-electron chi connectivity index (χ1n) is 9.38. The molecule has 138 valence electrons. The quantitative estimate of drug-likeness (QED) is 0.442. The number of hydrogen-bond acceptors (Lipinski definition) is 3. The van der Waals surface area contributed by atoms with Crippen molar-refractivity contribution in [3.05, 3.63) is 63.8 Å². The van der Waals surface area contributed by atoms with Crippen molar-refractivity contribution in [1.29, 1.82) is 0 Å². The van der Waals surface area contributed by atoms with Crippen LogP contribution < -0.4 is 10.3 Å². The molecule has 2 aromatic heterocycles. The number of ether oxygens (including phenoxy) is 1. The topological polar surface area (TPSA) is 42.1 Å². The monoisotopic (exact) mass is 377 g/mol. The second kappa shape index (κ2) is 7.20. The van der Waals surface area contributed by atoms with Crippen molar-refractivity contribution in [2.75, 3.05) is 7.11 Å². The summed E-state index contributed by atoms with van der Waals surface area (Å²) in [6.07, 6.45) is 2.29. The Morgan fingerprint density at radius 3 is 2.44 bits per heavy atom. The fourth-order valence-corrected chi connectivity index (χ4v) is 4.76. The summed E-state index contributed by atoms with van der Waals surface area (Å²) in [5, 5.41) is 4.00. The molecule has 4 heteroatoms. The van der Waals surface area contributed by atoms with Gasteiger partial charge in [0.25, 0.3) is 5.56 Å². The summed E-state index contributed by atoms with van der Waals surface area (Å²) in [5.41, 5.74) is 4.31. The fraction of sp³-hybridized carbons (Fsp3) is 0.261. The highest BCUT2D eigenvalue weighted by Gasteiger charge is 2.16. The van der Waals surface area contributed by atoms with Crippen molar-refractivity contribution < 1.29 is 4.74 Å². The number of H-pyrrole nitrogens is 1. The van der Waals surface area contributed by atoms with Crippen LogP contribution in [-0.4, -0.2) is 12.1 Å². The standard InChI is InChI=1S/C23H23NO2S/c1-4-14(5-2)15-6-8-16(9-7-15)20-19(26-3)11-10-18-21(20)17-12-13-27-22(17)23(25)24-18/h6-14H,4-5H2,1-3H3,(H,24,25). The molecule has 2 heterocycles. The van der Waals surface area contributed by atoms with Gasteiger partial charge in [0.15, 0.2) is 0 Å². The highest BCUT2D eigenvalue weighted by Crippen LogP contribution is 2.40. The molecule has 4 rings (SSSR count). The molecule has 2 aromatic carbocycles. The van der Waals surface area contributed by atoms with E-state index in [9.17, 15) is 4.79 Å². The molecule has 1 N–H and O–H groups in total. The summed E-state index contributed by atoms with van der Waals surface area (Å²) >= 11 is 1.47. The van der Waals surface area contributed by atoms with Gasteiger partial charge in [-0.25, -0.2) is 0 Å². The molecule has 0 aliphatic carbocycles. The lowest BCUT2D eigenvalue weighted by atomic mass is 9.91. The number of thiophene rings is 1. The zero-order valence-electron chi connectivity index (χ0n) is 15.8. The van der Waals surface area contributed by atoms with E-state index in [0.717, 1.165) is 50.7 Å². The molecule has 0 bridgehead atoms. The van der Waals surface area contributed by atoms with Crippen molar-refractivity contribution >= 4 is 32.3 Å². The molecule has 0 aliphatic heterocycles. The maximum atomic E-state index is 12.4. The summed E-state index contributed by atoms with van der Waals surface area (Å²) in [6, 6.07) is 14.7. The van der Waals surface area contributed by atoms with E-state index >= 15 is 0 Å². The number of aromatic nitrogens is 1. The van der Waals surface area contributed by atoms with Crippen LogP contribution in [0.25, 0.3) is 32.1 Å². The Balaban J connectivity index is 2.00. The van der Waals surface area contributed by atoms with Gasteiger partial charge in [-0.15, -0.1) is 11.3 Å². The molecular weight excluding hydrogens is 354 g/mol. The minimum Gasteiger partial charge on any atom is -0.496 e. The molecule has 0 saturated heterocycles. The van der Waals surface area contributed by atoms with E-state index in [1.807, 2.05) is 23.6 Å². The smallest absolute Gasteiger partial charge is 0.266 e. The van der Waals surface area contributed by atoms with E-state index in [1.165, 1.54) is 16.9 Å². The summed E-state index contributed by atoms with van der Waals surface area (Å²) in [5.74, 6) is 1.41. The number of benzene rings is 2. The first kappa shape index (κ1) is 17.8. The summed E-state index contributed by atoms with van der Waals surface area (Å²) in [6.45, 7) is 4.47. The molecule has 0 amide bonds. The average Bonchev–Trinajstić information content (AvgIpc) is 3.19. The minimum atomic E-state index is -0.0345. The lowest BCUT2D eigenvalue weighted by molar-refractivity contribution is 0.417. The van der Waals surface area contributed by atoms with Gasteiger partial charge in [-0.3, -0.25) is 4.79 Å². The van der Waals surface area contributed by atoms with Crippen molar-refractivity contribution in [2.45, 2.75) is 32.6 Å². The number of rotatable bonds is 5. The fourth-order valence-electron chi connectivity index (χ4n) is 3.97. The zero-order chi connectivity index (χ0) is 19.0. The number of aromatic amines is 1. The van der Waals surface area contributed by atoms with Gasteiger partial charge in [-0.2, -0.15) is 0 Å². The Labute approximate surface area is 162 Å².